The van der Waals surface area contributed by atoms with Gasteiger partial charge in [0, 0.05) is 16.8 Å². The number of benzene rings is 1. The van der Waals surface area contributed by atoms with Crippen molar-refractivity contribution in [3.8, 4) is 5.69 Å². The molecule has 0 radical (unpaired) electrons. The monoisotopic (exact) mass is 256 g/mol. The maximum Gasteiger partial charge on any atom is 0.271 e. The first-order chi connectivity index (χ1) is 7.61. The second-order valence-corrected chi connectivity index (χ2v) is 4.25. The molecule has 1 N–H and O–H groups in total. The molecule has 0 spiro atoms. The van der Waals surface area contributed by atoms with E-state index < -0.39 is 0 Å². The average molecular weight is 257 g/mol. The molecule has 0 amide bonds. The van der Waals surface area contributed by atoms with Crippen molar-refractivity contribution in [1.29, 1.82) is 0 Å². The molecule has 0 unspecified atom stereocenters. The van der Waals surface area contributed by atoms with Crippen LogP contribution in [-0.2, 0) is 6.42 Å². The fraction of sp³-hybridized carbons (Fsp3) is 0.182. The summed E-state index contributed by atoms with van der Waals surface area (Å²) in [5.74, 6) is 0. The van der Waals surface area contributed by atoms with Gasteiger partial charge in [0.05, 0.1) is 10.7 Å². The topological polar surface area (TPSA) is 37.8 Å². The summed E-state index contributed by atoms with van der Waals surface area (Å²) < 4.78 is 1.41. The van der Waals surface area contributed by atoms with Crippen molar-refractivity contribution in [1.82, 2.24) is 9.78 Å². The van der Waals surface area contributed by atoms with E-state index in [-0.39, 0.29) is 5.56 Å². The van der Waals surface area contributed by atoms with Crippen LogP contribution in [0.3, 0.4) is 0 Å². The van der Waals surface area contributed by atoms with E-state index in [1.165, 1.54) is 4.68 Å². The third kappa shape index (κ3) is 2.01. The number of aryl methyl sites for hydroxylation is 1. The second kappa shape index (κ2) is 4.36. The summed E-state index contributed by atoms with van der Waals surface area (Å²) in [7, 11) is 0. The molecule has 1 aromatic heterocycles. The average Bonchev–Trinajstić information content (AvgIpc) is 2.60. The van der Waals surface area contributed by atoms with E-state index in [1.807, 2.05) is 6.92 Å². The Hall–Kier alpha value is -1.19. The first kappa shape index (κ1) is 11.3. The number of rotatable bonds is 2. The highest BCUT2D eigenvalue weighted by Gasteiger charge is 2.08. The van der Waals surface area contributed by atoms with Crippen LogP contribution in [0.4, 0.5) is 0 Å². The summed E-state index contributed by atoms with van der Waals surface area (Å²) >= 11 is 11.8. The van der Waals surface area contributed by atoms with Crippen LogP contribution in [0.1, 0.15) is 12.6 Å². The maximum absolute atomic E-state index is 11.7. The standard InChI is InChI=1S/C11H10Cl2N2O/c1-2-8-6-11(16)15(14-8)10-4-3-7(12)5-9(10)13/h3-6,14H,2H2,1H3. The minimum absolute atomic E-state index is 0.124. The van der Waals surface area contributed by atoms with Crippen LogP contribution in [-0.4, -0.2) is 9.78 Å². The van der Waals surface area contributed by atoms with Crippen LogP contribution >= 0.6 is 23.2 Å². The zero-order chi connectivity index (χ0) is 11.7. The third-order valence-electron chi connectivity index (χ3n) is 2.31. The van der Waals surface area contributed by atoms with Crippen LogP contribution < -0.4 is 5.56 Å². The van der Waals surface area contributed by atoms with Crippen molar-refractivity contribution in [3.63, 3.8) is 0 Å². The molecule has 84 valence electrons. The molecule has 2 aromatic rings. The number of H-pyrrole nitrogens is 1. The van der Waals surface area contributed by atoms with Crippen molar-refractivity contribution in [3.05, 3.63) is 50.4 Å². The molecule has 0 saturated heterocycles. The molecule has 0 saturated carbocycles. The molecule has 3 nitrogen and oxygen atoms in total. The number of nitrogens with one attached hydrogen (secondary N) is 1. The molecule has 0 aliphatic rings. The molecule has 2 rings (SSSR count). The Morgan fingerprint density at radius 2 is 2.06 bits per heavy atom. The van der Waals surface area contributed by atoms with Gasteiger partial charge in [-0.15, -0.1) is 0 Å². The lowest BCUT2D eigenvalue weighted by atomic mass is 10.3. The Kier molecular flexibility index (Phi) is 3.08. The second-order valence-electron chi connectivity index (χ2n) is 3.40. The van der Waals surface area contributed by atoms with Crippen molar-refractivity contribution in [2.24, 2.45) is 0 Å². The number of hydrogen-bond acceptors (Lipinski definition) is 1. The van der Waals surface area contributed by atoms with Gasteiger partial charge in [-0.1, -0.05) is 30.1 Å². The highest BCUT2D eigenvalue weighted by Crippen LogP contribution is 2.22. The van der Waals surface area contributed by atoms with Crippen molar-refractivity contribution >= 4 is 23.2 Å². The maximum atomic E-state index is 11.7. The molecule has 5 heteroatoms. The predicted molar refractivity (Wildman–Crippen MR) is 65.8 cm³/mol. The molecule has 0 aliphatic carbocycles. The van der Waals surface area contributed by atoms with Crippen LogP contribution in [0, 0.1) is 0 Å². The van der Waals surface area contributed by atoms with Gasteiger partial charge in [-0.05, 0) is 24.6 Å². The third-order valence-corrected chi connectivity index (χ3v) is 2.84. The summed E-state index contributed by atoms with van der Waals surface area (Å²) in [6.45, 7) is 1.97. The van der Waals surface area contributed by atoms with Crippen LogP contribution in [0.15, 0.2) is 29.1 Å². The van der Waals surface area contributed by atoms with Gasteiger partial charge < -0.3 is 0 Å². The molecule has 0 atom stereocenters. The van der Waals surface area contributed by atoms with E-state index in [4.69, 9.17) is 23.2 Å². The lowest BCUT2D eigenvalue weighted by Gasteiger charge is -2.04. The molecular formula is C11H10Cl2N2O. The van der Waals surface area contributed by atoms with E-state index >= 15 is 0 Å². The van der Waals surface area contributed by atoms with Gasteiger partial charge in [-0.2, -0.15) is 0 Å². The van der Waals surface area contributed by atoms with Crippen molar-refractivity contribution in [2.45, 2.75) is 13.3 Å². The van der Waals surface area contributed by atoms with E-state index in [0.29, 0.717) is 15.7 Å². The van der Waals surface area contributed by atoms with Crippen LogP contribution in [0.5, 0.6) is 0 Å². The fourth-order valence-electron chi connectivity index (χ4n) is 1.47. The number of hydrogen-bond donors (Lipinski definition) is 1. The highest BCUT2D eigenvalue weighted by molar-refractivity contribution is 6.35. The molecular weight excluding hydrogens is 247 g/mol. The zero-order valence-electron chi connectivity index (χ0n) is 8.63. The molecule has 1 aromatic carbocycles. The first-order valence-electron chi connectivity index (χ1n) is 4.88. The summed E-state index contributed by atoms with van der Waals surface area (Å²) in [6, 6.07) is 6.58. The minimum atomic E-state index is -0.124. The number of aromatic nitrogens is 2. The van der Waals surface area contributed by atoms with E-state index in [0.717, 1.165) is 12.1 Å². The first-order valence-corrected chi connectivity index (χ1v) is 5.63. The van der Waals surface area contributed by atoms with Gasteiger partial charge in [0.2, 0.25) is 0 Å². The molecule has 0 aliphatic heterocycles. The molecule has 1 heterocycles. The van der Waals surface area contributed by atoms with Crippen molar-refractivity contribution < 1.29 is 0 Å². The van der Waals surface area contributed by atoms with E-state index in [9.17, 15) is 4.79 Å². The molecule has 0 fully saturated rings. The Balaban J connectivity index is 2.58. The summed E-state index contributed by atoms with van der Waals surface area (Å²) in [4.78, 5) is 11.7. The Morgan fingerprint density at radius 1 is 1.31 bits per heavy atom. The van der Waals surface area contributed by atoms with Crippen LogP contribution in [0.25, 0.3) is 5.69 Å². The van der Waals surface area contributed by atoms with Gasteiger partial charge in [0.25, 0.3) is 5.56 Å². The van der Waals surface area contributed by atoms with Crippen LogP contribution in [0.2, 0.25) is 10.0 Å². The lowest BCUT2D eigenvalue weighted by Crippen LogP contribution is -2.13. The largest absolute Gasteiger partial charge is 0.295 e. The highest BCUT2D eigenvalue weighted by atomic mass is 35.5. The normalized spacial score (nSPS) is 10.7. The zero-order valence-corrected chi connectivity index (χ0v) is 10.1. The van der Waals surface area contributed by atoms with Gasteiger partial charge in [-0.25, -0.2) is 4.68 Å². The van der Waals surface area contributed by atoms with Gasteiger partial charge in [-0.3, -0.25) is 9.89 Å². The lowest BCUT2D eigenvalue weighted by molar-refractivity contribution is 0.819. The quantitative estimate of drug-likeness (QED) is 0.882. The van der Waals surface area contributed by atoms with E-state index in [2.05, 4.69) is 5.10 Å². The Labute approximate surface area is 103 Å². The molecule has 16 heavy (non-hydrogen) atoms. The number of aromatic amines is 1. The summed E-state index contributed by atoms with van der Waals surface area (Å²) in [5.41, 5.74) is 1.35. The van der Waals surface area contributed by atoms with Crippen molar-refractivity contribution in [2.75, 3.05) is 0 Å². The SMILES string of the molecule is CCc1cc(=O)n(-c2ccc(Cl)cc2Cl)[nH]1. The Bertz CT molecular complexity index is 572. The summed E-state index contributed by atoms with van der Waals surface area (Å²) in [5, 5.41) is 3.97. The van der Waals surface area contributed by atoms with Gasteiger partial charge >= 0.3 is 0 Å². The molecule has 0 bridgehead atoms. The fourth-order valence-corrected chi connectivity index (χ4v) is 1.96. The van der Waals surface area contributed by atoms with Gasteiger partial charge in [0.1, 0.15) is 0 Å². The smallest absolute Gasteiger partial charge is 0.271 e. The van der Waals surface area contributed by atoms with Gasteiger partial charge in [0.15, 0.2) is 0 Å². The predicted octanol–water partition coefficient (Wildman–Crippen LogP) is 3.03. The minimum Gasteiger partial charge on any atom is -0.295 e. The number of nitrogens with zero attached hydrogens (tertiary/aromatic N) is 1. The number of halogens is 2. The summed E-state index contributed by atoms with van der Waals surface area (Å²) in [6.07, 6.45) is 0.771. The Morgan fingerprint density at radius 3 is 2.62 bits per heavy atom. The van der Waals surface area contributed by atoms with E-state index in [1.54, 1.807) is 24.3 Å².